The molecule has 0 aromatic heterocycles. The molecule has 2 fully saturated rings. The van der Waals surface area contributed by atoms with Crippen molar-refractivity contribution in [3.05, 3.63) is 29.8 Å². The van der Waals surface area contributed by atoms with E-state index in [2.05, 4.69) is 34.7 Å². The molecule has 1 saturated heterocycles. The maximum atomic E-state index is 11.8. The molecular formula is C19H29IN4O. The minimum Gasteiger partial charge on any atom is -0.357 e. The van der Waals surface area contributed by atoms with Gasteiger partial charge in [-0.15, -0.1) is 24.0 Å². The molecule has 1 aromatic rings. The fourth-order valence-electron chi connectivity index (χ4n) is 3.02. The Kier molecular flexibility index (Phi) is 7.99. The Labute approximate surface area is 167 Å². The first-order chi connectivity index (χ1) is 11.8. The number of carbonyl (C=O) groups excluding carboxylic acids is 1. The molecule has 0 unspecified atom stereocenters. The summed E-state index contributed by atoms with van der Waals surface area (Å²) >= 11 is 0. The van der Waals surface area contributed by atoms with Crippen molar-refractivity contribution in [1.29, 1.82) is 0 Å². The number of rotatable bonds is 7. The van der Waals surface area contributed by atoms with E-state index in [4.69, 9.17) is 0 Å². The Hall–Kier alpha value is -1.31. The quantitative estimate of drug-likeness (QED) is 0.376. The highest BCUT2D eigenvalue weighted by Crippen LogP contribution is 2.31. The fourth-order valence-corrected chi connectivity index (χ4v) is 3.02. The minimum atomic E-state index is 0. The SMILES string of the molecule is CCNC(=NCc1ccc(N2CCCC2=O)cc1)NCCC1CC1.I. The first-order valence-corrected chi connectivity index (χ1v) is 9.17. The zero-order valence-corrected chi connectivity index (χ0v) is 17.3. The molecule has 6 heteroatoms. The van der Waals surface area contributed by atoms with Crippen LogP contribution in [0.4, 0.5) is 5.69 Å². The van der Waals surface area contributed by atoms with Crippen LogP contribution in [0.25, 0.3) is 0 Å². The summed E-state index contributed by atoms with van der Waals surface area (Å²) in [6.07, 6.45) is 5.65. The van der Waals surface area contributed by atoms with Crippen LogP contribution in [0.15, 0.2) is 29.3 Å². The molecule has 3 rings (SSSR count). The molecule has 0 radical (unpaired) electrons. The Morgan fingerprint density at radius 2 is 2.00 bits per heavy atom. The molecule has 1 saturated carbocycles. The molecule has 25 heavy (non-hydrogen) atoms. The first kappa shape index (κ1) is 20.0. The number of carbonyl (C=O) groups is 1. The van der Waals surface area contributed by atoms with E-state index in [0.29, 0.717) is 13.0 Å². The van der Waals surface area contributed by atoms with Gasteiger partial charge in [-0.2, -0.15) is 0 Å². The van der Waals surface area contributed by atoms with Crippen molar-refractivity contribution >= 4 is 41.5 Å². The van der Waals surface area contributed by atoms with Crippen LogP contribution in [-0.4, -0.2) is 31.5 Å². The molecule has 1 heterocycles. The van der Waals surface area contributed by atoms with Crippen LogP contribution < -0.4 is 15.5 Å². The highest BCUT2D eigenvalue weighted by Gasteiger charge is 2.21. The number of anilines is 1. The van der Waals surface area contributed by atoms with Crippen LogP contribution in [-0.2, 0) is 11.3 Å². The lowest BCUT2D eigenvalue weighted by molar-refractivity contribution is -0.117. The third kappa shape index (κ3) is 6.17. The molecule has 5 nitrogen and oxygen atoms in total. The van der Waals surface area contributed by atoms with E-state index in [1.54, 1.807) is 0 Å². The molecule has 0 bridgehead atoms. The second kappa shape index (κ2) is 9.99. The van der Waals surface area contributed by atoms with Gasteiger partial charge in [0.2, 0.25) is 5.91 Å². The van der Waals surface area contributed by atoms with Crippen LogP contribution in [0.2, 0.25) is 0 Å². The minimum absolute atomic E-state index is 0. The van der Waals surface area contributed by atoms with E-state index in [1.807, 2.05) is 17.0 Å². The zero-order valence-electron chi connectivity index (χ0n) is 15.0. The van der Waals surface area contributed by atoms with E-state index >= 15 is 0 Å². The van der Waals surface area contributed by atoms with Crippen molar-refractivity contribution in [2.75, 3.05) is 24.5 Å². The van der Waals surface area contributed by atoms with E-state index in [9.17, 15) is 4.79 Å². The molecule has 0 atom stereocenters. The van der Waals surface area contributed by atoms with Gasteiger partial charge in [0.25, 0.3) is 0 Å². The number of hydrogen-bond donors (Lipinski definition) is 2. The third-order valence-corrected chi connectivity index (χ3v) is 4.63. The van der Waals surface area contributed by atoms with E-state index < -0.39 is 0 Å². The van der Waals surface area contributed by atoms with Gasteiger partial charge < -0.3 is 15.5 Å². The Bertz CT molecular complexity index is 584. The molecule has 2 N–H and O–H groups in total. The number of halogens is 1. The highest BCUT2D eigenvalue weighted by molar-refractivity contribution is 14.0. The maximum Gasteiger partial charge on any atom is 0.227 e. The molecule has 2 aliphatic rings. The number of aliphatic imine (C=N–C) groups is 1. The van der Waals surface area contributed by atoms with Crippen LogP contribution in [0, 0.1) is 5.92 Å². The van der Waals surface area contributed by atoms with Crippen LogP contribution >= 0.6 is 24.0 Å². The van der Waals surface area contributed by atoms with Crippen molar-refractivity contribution in [2.45, 2.75) is 45.6 Å². The van der Waals surface area contributed by atoms with Gasteiger partial charge in [0, 0.05) is 31.7 Å². The fraction of sp³-hybridized carbons (Fsp3) is 0.579. The number of nitrogens with one attached hydrogen (secondary N) is 2. The van der Waals surface area contributed by atoms with Gasteiger partial charge in [-0.1, -0.05) is 25.0 Å². The molecule has 138 valence electrons. The Morgan fingerprint density at radius 1 is 1.24 bits per heavy atom. The van der Waals surface area contributed by atoms with E-state index in [1.165, 1.54) is 19.3 Å². The standard InChI is InChI=1S/C19H28N4O.HI/c1-2-20-19(21-12-11-15-5-6-15)22-14-16-7-9-17(10-8-16)23-13-3-4-18(23)24;/h7-10,15H,2-6,11-14H2,1H3,(H2,20,21,22);1H. The first-order valence-electron chi connectivity index (χ1n) is 9.17. The van der Waals surface area contributed by atoms with Gasteiger partial charge in [0.15, 0.2) is 5.96 Å². The van der Waals surface area contributed by atoms with Gasteiger partial charge >= 0.3 is 0 Å². The van der Waals surface area contributed by atoms with E-state index in [-0.39, 0.29) is 29.9 Å². The average Bonchev–Trinajstić information content (AvgIpc) is 3.32. The van der Waals surface area contributed by atoms with Gasteiger partial charge in [0.1, 0.15) is 0 Å². The number of nitrogens with zero attached hydrogens (tertiary/aromatic N) is 2. The van der Waals surface area contributed by atoms with Crippen LogP contribution in [0.5, 0.6) is 0 Å². The van der Waals surface area contributed by atoms with Crippen molar-refractivity contribution in [3.63, 3.8) is 0 Å². The van der Waals surface area contributed by atoms with Crippen LogP contribution in [0.1, 0.15) is 44.6 Å². The topological polar surface area (TPSA) is 56.7 Å². The molecule has 1 aliphatic heterocycles. The lowest BCUT2D eigenvalue weighted by Crippen LogP contribution is -2.37. The summed E-state index contributed by atoms with van der Waals surface area (Å²) in [6, 6.07) is 8.19. The molecule has 0 spiro atoms. The van der Waals surface area contributed by atoms with Gasteiger partial charge in [-0.05, 0) is 43.4 Å². The molecular weight excluding hydrogens is 427 g/mol. The van der Waals surface area contributed by atoms with Gasteiger partial charge in [-0.3, -0.25) is 4.79 Å². The lowest BCUT2D eigenvalue weighted by atomic mass is 10.2. The summed E-state index contributed by atoms with van der Waals surface area (Å²) in [5.74, 6) is 2.05. The average molecular weight is 456 g/mol. The maximum absolute atomic E-state index is 11.8. The smallest absolute Gasteiger partial charge is 0.227 e. The summed E-state index contributed by atoms with van der Waals surface area (Å²) in [5, 5.41) is 6.71. The predicted octanol–water partition coefficient (Wildman–Crippen LogP) is 3.29. The van der Waals surface area contributed by atoms with Crippen molar-refractivity contribution < 1.29 is 4.79 Å². The molecule has 1 aromatic carbocycles. The largest absolute Gasteiger partial charge is 0.357 e. The van der Waals surface area contributed by atoms with E-state index in [0.717, 1.165) is 49.2 Å². The van der Waals surface area contributed by atoms with Crippen LogP contribution in [0.3, 0.4) is 0 Å². The lowest BCUT2D eigenvalue weighted by Gasteiger charge is -2.16. The summed E-state index contributed by atoms with van der Waals surface area (Å²) < 4.78 is 0. The highest BCUT2D eigenvalue weighted by atomic mass is 127. The number of guanidine groups is 1. The normalized spacial score (nSPS) is 17.4. The number of hydrogen-bond acceptors (Lipinski definition) is 2. The number of benzene rings is 1. The van der Waals surface area contributed by atoms with Crippen molar-refractivity contribution in [1.82, 2.24) is 10.6 Å². The van der Waals surface area contributed by atoms with Crippen molar-refractivity contribution in [2.24, 2.45) is 10.9 Å². The molecule has 1 aliphatic carbocycles. The monoisotopic (exact) mass is 456 g/mol. The Balaban J connectivity index is 0.00000225. The van der Waals surface area contributed by atoms with Crippen molar-refractivity contribution in [3.8, 4) is 0 Å². The summed E-state index contributed by atoms with van der Waals surface area (Å²) in [4.78, 5) is 18.3. The third-order valence-electron chi connectivity index (χ3n) is 4.63. The number of amides is 1. The molecule has 1 amide bonds. The van der Waals surface area contributed by atoms with Gasteiger partial charge in [0.05, 0.1) is 6.54 Å². The zero-order chi connectivity index (χ0) is 16.8. The predicted molar refractivity (Wildman–Crippen MR) is 114 cm³/mol. The summed E-state index contributed by atoms with van der Waals surface area (Å²) in [7, 11) is 0. The second-order valence-electron chi connectivity index (χ2n) is 6.67. The second-order valence-corrected chi connectivity index (χ2v) is 6.67. The Morgan fingerprint density at radius 3 is 2.60 bits per heavy atom. The van der Waals surface area contributed by atoms with Gasteiger partial charge in [-0.25, -0.2) is 4.99 Å². The summed E-state index contributed by atoms with van der Waals surface area (Å²) in [6.45, 7) is 5.43. The summed E-state index contributed by atoms with van der Waals surface area (Å²) in [5.41, 5.74) is 2.16.